The van der Waals surface area contributed by atoms with Gasteiger partial charge in [0, 0.05) is 36.6 Å². The van der Waals surface area contributed by atoms with E-state index in [1.807, 2.05) is 11.8 Å². The standard InChI is InChI=1S/C26H27Cl2N3O5/c1-2-36-23-10-7-17(14-20(23)28)22(32)16-31-21-9-8-18(27)15-19(21)25(34)30(26(31)35)13-5-6-24(33)29-11-3-4-12-29/h7-10,14-15H,2-6,11-13,16H2,1H3. The van der Waals surface area contributed by atoms with Crippen molar-refractivity contribution in [3.8, 4) is 5.75 Å². The smallest absolute Gasteiger partial charge is 0.331 e. The Morgan fingerprint density at radius 3 is 2.44 bits per heavy atom. The first kappa shape index (κ1) is 26.0. The molecule has 190 valence electrons. The molecule has 0 spiro atoms. The van der Waals surface area contributed by atoms with E-state index in [4.69, 9.17) is 27.9 Å². The molecule has 0 saturated carbocycles. The number of fused-ring (bicyclic) bond motifs is 1. The Morgan fingerprint density at radius 2 is 1.75 bits per heavy atom. The molecular weight excluding hydrogens is 505 g/mol. The third-order valence-electron chi connectivity index (χ3n) is 6.27. The second kappa shape index (κ2) is 11.3. The fraction of sp³-hybridized carbons (Fsp3) is 0.385. The van der Waals surface area contributed by atoms with Crippen molar-refractivity contribution in [1.82, 2.24) is 14.0 Å². The number of carbonyl (C=O) groups excluding carboxylic acids is 2. The van der Waals surface area contributed by atoms with Crippen LogP contribution in [0, 0.1) is 0 Å². The van der Waals surface area contributed by atoms with E-state index in [1.165, 1.54) is 16.7 Å². The molecule has 1 aliphatic heterocycles. The quantitative estimate of drug-likeness (QED) is 0.386. The van der Waals surface area contributed by atoms with Gasteiger partial charge in [-0.2, -0.15) is 0 Å². The predicted molar refractivity (Wildman–Crippen MR) is 139 cm³/mol. The number of hydrogen-bond donors (Lipinski definition) is 0. The molecule has 0 radical (unpaired) electrons. The zero-order chi connectivity index (χ0) is 25.8. The summed E-state index contributed by atoms with van der Waals surface area (Å²) in [6.07, 6.45) is 2.56. The molecule has 4 rings (SSSR count). The monoisotopic (exact) mass is 531 g/mol. The first-order chi connectivity index (χ1) is 17.3. The van der Waals surface area contributed by atoms with Crippen LogP contribution in [0.3, 0.4) is 0 Å². The fourth-order valence-electron chi connectivity index (χ4n) is 4.44. The van der Waals surface area contributed by atoms with E-state index in [-0.39, 0.29) is 36.6 Å². The number of nitrogens with zero attached hydrogens (tertiary/aromatic N) is 3. The molecule has 1 amide bonds. The zero-order valence-corrected chi connectivity index (χ0v) is 21.5. The third kappa shape index (κ3) is 5.50. The van der Waals surface area contributed by atoms with Gasteiger partial charge >= 0.3 is 5.69 Å². The van der Waals surface area contributed by atoms with E-state index in [1.54, 1.807) is 24.3 Å². The molecule has 0 atom stereocenters. The summed E-state index contributed by atoms with van der Waals surface area (Å²) in [7, 11) is 0. The SMILES string of the molecule is CCOc1ccc(C(=O)Cn2c(=O)n(CCCC(=O)N3CCCC3)c(=O)c3cc(Cl)ccc32)cc1Cl. The average molecular weight is 532 g/mol. The minimum absolute atomic E-state index is 0.0206. The van der Waals surface area contributed by atoms with Gasteiger partial charge in [-0.3, -0.25) is 23.5 Å². The number of aromatic nitrogens is 2. The lowest BCUT2D eigenvalue weighted by Crippen LogP contribution is -2.41. The molecule has 1 saturated heterocycles. The maximum Gasteiger partial charge on any atom is 0.331 e. The number of likely N-dealkylation sites (tertiary alicyclic amines) is 1. The van der Waals surface area contributed by atoms with E-state index in [9.17, 15) is 19.2 Å². The maximum atomic E-state index is 13.4. The van der Waals surface area contributed by atoms with Crippen molar-refractivity contribution in [2.24, 2.45) is 0 Å². The Labute approximate surface area is 218 Å². The summed E-state index contributed by atoms with van der Waals surface area (Å²) in [5.41, 5.74) is -0.497. The van der Waals surface area contributed by atoms with E-state index in [0.717, 1.165) is 30.5 Å². The Bertz CT molecular complexity index is 1420. The second-order valence-corrected chi connectivity index (χ2v) is 9.52. The number of benzene rings is 2. The van der Waals surface area contributed by atoms with Crippen LogP contribution in [0.15, 0.2) is 46.0 Å². The summed E-state index contributed by atoms with van der Waals surface area (Å²) in [4.78, 5) is 53.9. The van der Waals surface area contributed by atoms with Crippen molar-refractivity contribution in [3.63, 3.8) is 0 Å². The zero-order valence-electron chi connectivity index (χ0n) is 20.0. The van der Waals surface area contributed by atoms with Crippen LogP contribution in [0.2, 0.25) is 10.0 Å². The Morgan fingerprint density at radius 1 is 1.00 bits per heavy atom. The molecule has 1 aliphatic rings. The highest BCUT2D eigenvalue weighted by Crippen LogP contribution is 2.26. The molecule has 0 aliphatic carbocycles. The van der Waals surface area contributed by atoms with Crippen LogP contribution >= 0.6 is 23.2 Å². The second-order valence-electron chi connectivity index (χ2n) is 8.68. The number of hydrogen-bond acceptors (Lipinski definition) is 5. The minimum Gasteiger partial charge on any atom is -0.492 e. The average Bonchev–Trinajstić information content (AvgIpc) is 3.40. The first-order valence-corrected chi connectivity index (χ1v) is 12.7. The van der Waals surface area contributed by atoms with Crippen molar-refractivity contribution < 1.29 is 14.3 Å². The van der Waals surface area contributed by atoms with Crippen LogP contribution < -0.4 is 16.0 Å². The van der Waals surface area contributed by atoms with E-state index in [2.05, 4.69) is 0 Å². The summed E-state index contributed by atoms with van der Waals surface area (Å²) >= 11 is 12.4. The van der Waals surface area contributed by atoms with Gasteiger partial charge in [0.25, 0.3) is 5.56 Å². The highest BCUT2D eigenvalue weighted by Gasteiger charge is 2.20. The molecule has 1 fully saturated rings. The third-order valence-corrected chi connectivity index (χ3v) is 6.80. The molecule has 1 aromatic heterocycles. The first-order valence-electron chi connectivity index (χ1n) is 12.0. The number of ketones is 1. The molecular formula is C26H27Cl2N3O5. The van der Waals surface area contributed by atoms with Gasteiger partial charge in [-0.25, -0.2) is 4.79 Å². The van der Waals surface area contributed by atoms with Gasteiger partial charge in [-0.15, -0.1) is 0 Å². The van der Waals surface area contributed by atoms with Crippen LogP contribution in [-0.4, -0.2) is 45.4 Å². The van der Waals surface area contributed by atoms with Gasteiger partial charge in [-0.05, 0) is 62.6 Å². The van der Waals surface area contributed by atoms with Gasteiger partial charge in [-0.1, -0.05) is 23.2 Å². The molecule has 0 unspecified atom stereocenters. The van der Waals surface area contributed by atoms with Gasteiger partial charge in [0.1, 0.15) is 5.75 Å². The lowest BCUT2D eigenvalue weighted by atomic mass is 10.1. The number of rotatable bonds is 9. The Kier molecular flexibility index (Phi) is 8.16. The van der Waals surface area contributed by atoms with Crippen LogP contribution in [-0.2, 0) is 17.9 Å². The maximum absolute atomic E-state index is 13.4. The highest BCUT2D eigenvalue weighted by atomic mass is 35.5. The molecule has 2 heterocycles. The van der Waals surface area contributed by atoms with Gasteiger partial charge in [0.2, 0.25) is 5.91 Å². The molecule has 2 aromatic carbocycles. The van der Waals surface area contributed by atoms with Crippen LogP contribution in [0.5, 0.6) is 5.75 Å². The van der Waals surface area contributed by atoms with Crippen molar-refractivity contribution in [2.45, 2.75) is 45.7 Å². The van der Waals surface area contributed by atoms with Crippen LogP contribution in [0.4, 0.5) is 0 Å². The van der Waals surface area contributed by atoms with Gasteiger partial charge < -0.3 is 9.64 Å². The van der Waals surface area contributed by atoms with Crippen molar-refractivity contribution >= 4 is 45.8 Å². The normalized spacial score (nSPS) is 13.4. The summed E-state index contributed by atoms with van der Waals surface area (Å²) in [6.45, 7) is 3.52. The molecule has 3 aromatic rings. The van der Waals surface area contributed by atoms with E-state index >= 15 is 0 Å². The molecule has 0 bridgehead atoms. The molecule has 10 heteroatoms. The van der Waals surface area contributed by atoms with Crippen molar-refractivity contribution in [3.05, 3.63) is 72.8 Å². The van der Waals surface area contributed by atoms with Gasteiger partial charge in [0.05, 0.1) is 29.1 Å². The van der Waals surface area contributed by atoms with Crippen molar-refractivity contribution in [1.29, 1.82) is 0 Å². The largest absolute Gasteiger partial charge is 0.492 e. The highest BCUT2D eigenvalue weighted by molar-refractivity contribution is 6.32. The summed E-state index contributed by atoms with van der Waals surface area (Å²) in [5.74, 6) is 0.130. The number of carbonyl (C=O) groups is 2. The predicted octanol–water partition coefficient (Wildman–Crippen LogP) is 4.15. The van der Waals surface area contributed by atoms with Crippen molar-refractivity contribution in [2.75, 3.05) is 19.7 Å². The molecule has 36 heavy (non-hydrogen) atoms. The number of amides is 1. The summed E-state index contributed by atoms with van der Waals surface area (Å²) in [6, 6.07) is 9.30. The summed E-state index contributed by atoms with van der Waals surface area (Å²) in [5, 5.41) is 0.856. The number of ether oxygens (including phenoxy) is 1. The van der Waals surface area contributed by atoms with Crippen LogP contribution in [0.1, 0.15) is 43.0 Å². The molecule has 8 nitrogen and oxygen atoms in total. The van der Waals surface area contributed by atoms with E-state index < -0.39 is 11.2 Å². The van der Waals surface area contributed by atoms with Gasteiger partial charge in [0.15, 0.2) is 5.78 Å². The Hall–Kier alpha value is -3.10. The van der Waals surface area contributed by atoms with Crippen LogP contribution in [0.25, 0.3) is 10.9 Å². The Balaban J connectivity index is 1.64. The van der Waals surface area contributed by atoms with E-state index in [0.29, 0.717) is 39.9 Å². The molecule has 0 N–H and O–H groups in total. The number of Topliss-reactive ketones (excluding diaryl/α,β-unsaturated/α-hetero) is 1. The minimum atomic E-state index is -0.617. The lowest BCUT2D eigenvalue weighted by molar-refractivity contribution is -0.130. The summed E-state index contributed by atoms with van der Waals surface area (Å²) < 4.78 is 7.76. The lowest BCUT2D eigenvalue weighted by Gasteiger charge is -2.16. The topological polar surface area (TPSA) is 90.6 Å². The fourth-order valence-corrected chi connectivity index (χ4v) is 4.85. The number of halogens is 2.